The van der Waals surface area contributed by atoms with Crippen LogP contribution in [0.1, 0.15) is 25.5 Å². The molecule has 1 aliphatic carbocycles. The summed E-state index contributed by atoms with van der Waals surface area (Å²) in [4.78, 5) is 13.1. The van der Waals surface area contributed by atoms with Crippen molar-refractivity contribution in [3.8, 4) is 5.75 Å². The Hall–Kier alpha value is -3.01. The maximum absolute atomic E-state index is 16.3. The van der Waals surface area contributed by atoms with E-state index in [0.29, 0.717) is 22.9 Å². The molecule has 37 heavy (non-hydrogen) atoms. The second-order valence-electron chi connectivity index (χ2n) is 8.55. The van der Waals surface area contributed by atoms with Gasteiger partial charge in [0.05, 0.1) is 17.5 Å². The first-order chi connectivity index (χ1) is 17.5. The number of halogens is 3. The fourth-order valence-electron chi connectivity index (χ4n) is 3.84. The average Bonchev–Trinajstić information content (AvgIpc) is 2.86. The zero-order chi connectivity index (χ0) is 27.2. The zero-order valence-electron chi connectivity index (χ0n) is 20.7. The summed E-state index contributed by atoms with van der Waals surface area (Å²) in [6.07, 6.45) is 5.54. The van der Waals surface area contributed by atoms with E-state index in [1.54, 1.807) is 51.2 Å². The molecule has 3 rings (SSSR count). The molecular formula is C27H29ClF2N2O4S. The SMILES string of the molecule is C/C=C/C(=O)N(C)CCOc1ccccc1C(C)NC1C=C(F)C=CC1(F)S(=O)(=O)c1ccc(Cl)cc1. The lowest BCUT2D eigenvalue weighted by atomic mass is 10.0. The van der Waals surface area contributed by atoms with Crippen LogP contribution in [-0.4, -0.2) is 50.5 Å². The number of nitrogens with zero attached hydrogens (tertiary/aromatic N) is 1. The molecule has 1 amide bonds. The number of alkyl halides is 1. The summed E-state index contributed by atoms with van der Waals surface area (Å²) in [5.41, 5.74) is 0.611. The number of hydrogen-bond acceptors (Lipinski definition) is 5. The summed E-state index contributed by atoms with van der Waals surface area (Å²) in [5, 5.41) is 0.255. The highest BCUT2D eigenvalue weighted by atomic mass is 35.5. The molecule has 0 radical (unpaired) electrons. The maximum atomic E-state index is 16.3. The first kappa shape index (κ1) is 28.6. The fourth-order valence-corrected chi connectivity index (χ4v) is 5.54. The number of hydrogen-bond donors (Lipinski definition) is 1. The molecule has 3 unspecified atom stereocenters. The van der Waals surface area contributed by atoms with Crippen molar-refractivity contribution in [3.63, 3.8) is 0 Å². The smallest absolute Gasteiger partial charge is 0.252 e. The van der Waals surface area contributed by atoms with Gasteiger partial charge in [-0.1, -0.05) is 35.9 Å². The van der Waals surface area contributed by atoms with Crippen molar-refractivity contribution >= 4 is 27.3 Å². The van der Waals surface area contributed by atoms with Gasteiger partial charge in [-0.25, -0.2) is 17.2 Å². The second-order valence-corrected chi connectivity index (χ2v) is 11.1. The van der Waals surface area contributed by atoms with E-state index < -0.39 is 32.7 Å². The predicted molar refractivity (Wildman–Crippen MR) is 141 cm³/mol. The maximum Gasteiger partial charge on any atom is 0.252 e. The van der Waals surface area contributed by atoms with Crippen molar-refractivity contribution in [2.75, 3.05) is 20.2 Å². The van der Waals surface area contributed by atoms with Crippen LogP contribution in [0.2, 0.25) is 5.02 Å². The molecule has 0 aliphatic heterocycles. The first-order valence-electron chi connectivity index (χ1n) is 11.6. The Bertz CT molecular complexity index is 1310. The molecule has 0 spiro atoms. The molecule has 0 saturated heterocycles. The highest BCUT2D eigenvalue weighted by Gasteiger charge is 2.51. The first-order valence-corrected chi connectivity index (χ1v) is 13.5. The molecule has 0 saturated carbocycles. The van der Waals surface area contributed by atoms with Crippen LogP contribution in [0.15, 0.2) is 89.6 Å². The largest absolute Gasteiger partial charge is 0.491 e. The number of ether oxygens (including phenoxy) is 1. The van der Waals surface area contributed by atoms with E-state index in [1.165, 1.54) is 35.2 Å². The van der Waals surface area contributed by atoms with Crippen molar-refractivity contribution in [1.29, 1.82) is 0 Å². The quantitative estimate of drug-likeness (QED) is 0.404. The van der Waals surface area contributed by atoms with Gasteiger partial charge < -0.3 is 9.64 Å². The summed E-state index contributed by atoms with van der Waals surface area (Å²) >= 11 is 5.86. The van der Waals surface area contributed by atoms with Gasteiger partial charge in [0, 0.05) is 23.7 Å². The Labute approximate surface area is 221 Å². The number of carbonyl (C=O) groups is 1. The van der Waals surface area contributed by atoms with Crippen LogP contribution in [0.3, 0.4) is 0 Å². The summed E-state index contributed by atoms with van der Waals surface area (Å²) < 4.78 is 63.0. The van der Waals surface area contributed by atoms with Gasteiger partial charge in [0.1, 0.15) is 18.2 Å². The van der Waals surface area contributed by atoms with Gasteiger partial charge in [0.25, 0.3) is 5.00 Å². The number of allylic oxidation sites excluding steroid dienone is 3. The van der Waals surface area contributed by atoms with Gasteiger partial charge >= 0.3 is 0 Å². The molecule has 1 N–H and O–H groups in total. The van der Waals surface area contributed by atoms with E-state index in [0.717, 1.165) is 18.2 Å². The summed E-state index contributed by atoms with van der Waals surface area (Å²) in [5.74, 6) is -0.451. The standard InChI is InChI=1S/C27H29ClF2N2O4S/c1-4-7-26(33)32(3)16-17-36-24-9-6-5-8-23(24)19(2)31-25-18-21(29)14-15-27(25,30)37(34,35)22-12-10-20(28)11-13-22/h4-15,18-19,25,31H,16-17H2,1-3H3/b7-4+. The molecule has 198 valence electrons. The highest BCUT2D eigenvalue weighted by Crippen LogP contribution is 2.38. The Morgan fingerprint density at radius 3 is 2.59 bits per heavy atom. The zero-order valence-corrected chi connectivity index (χ0v) is 22.3. The molecule has 1 aliphatic rings. The Balaban J connectivity index is 1.82. The van der Waals surface area contributed by atoms with Crippen LogP contribution in [0.5, 0.6) is 5.75 Å². The number of para-hydroxylation sites is 1. The molecule has 3 atom stereocenters. The number of nitrogens with one attached hydrogen (secondary N) is 1. The van der Waals surface area contributed by atoms with E-state index in [4.69, 9.17) is 16.3 Å². The molecule has 0 bridgehead atoms. The molecule has 6 nitrogen and oxygen atoms in total. The second kappa shape index (κ2) is 12.0. The molecule has 2 aromatic carbocycles. The normalized spacial score (nSPS) is 20.5. The number of sulfone groups is 1. The fraction of sp³-hybridized carbons (Fsp3) is 0.296. The summed E-state index contributed by atoms with van der Waals surface area (Å²) in [6, 6.07) is 9.93. The third-order valence-electron chi connectivity index (χ3n) is 5.94. The van der Waals surface area contributed by atoms with E-state index in [1.807, 2.05) is 0 Å². The predicted octanol–water partition coefficient (Wildman–Crippen LogP) is 5.34. The van der Waals surface area contributed by atoms with Crippen LogP contribution in [-0.2, 0) is 14.6 Å². The topological polar surface area (TPSA) is 75.7 Å². The van der Waals surface area contributed by atoms with Gasteiger partial charge in [0.2, 0.25) is 15.7 Å². The summed E-state index contributed by atoms with van der Waals surface area (Å²) in [6.45, 7) is 3.97. The minimum absolute atomic E-state index is 0.158. The van der Waals surface area contributed by atoms with Crippen molar-refractivity contribution in [2.45, 2.75) is 35.8 Å². The third kappa shape index (κ3) is 6.47. The van der Waals surface area contributed by atoms with Gasteiger partial charge in [-0.3, -0.25) is 10.1 Å². The number of carbonyl (C=O) groups excluding carboxylic acids is 1. The van der Waals surface area contributed by atoms with Crippen molar-refractivity contribution in [1.82, 2.24) is 10.2 Å². The van der Waals surface area contributed by atoms with Crippen LogP contribution in [0.25, 0.3) is 0 Å². The van der Waals surface area contributed by atoms with Gasteiger partial charge in [-0.2, -0.15) is 0 Å². The Kier molecular flexibility index (Phi) is 9.28. The third-order valence-corrected chi connectivity index (χ3v) is 8.30. The lowest BCUT2D eigenvalue weighted by Crippen LogP contribution is -2.52. The Morgan fingerprint density at radius 1 is 1.24 bits per heavy atom. The average molecular weight is 551 g/mol. The van der Waals surface area contributed by atoms with E-state index in [2.05, 4.69) is 5.32 Å². The van der Waals surface area contributed by atoms with Crippen LogP contribution in [0, 0.1) is 0 Å². The molecule has 0 aromatic heterocycles. The molecule has 0 fully saturated rings. The van der Waals surface area contributed by atoms with Gasteiger partial charge in [0.15, 0.2) is 0 Å². The molecule has 2 aromatic rings. The van der Waals surface area contributed by atoms with Gasteiger partial charge in [-0.15, -0.1) is 0 Å². The van der Waals surface area contributed by atoms with E-state index in [-0.39, 0.29) is 17.4 Å². The van der Waals surface area contributed by atoms with Crippen molar-refractivity contribution < 1.29 is 26.7 Å². The van der Waals surface area contributed by atoms with Crippen molar-refractivity contribution in [3.05, 3.63) is 95.3 Å². The Morgan fingerprint density at radius 2 is 1.92 bits per heavy atom. The minimum atomic E-state index is -4.59. The lowest BCUT2D eigenvalue weighted by molar-refractivity contribution is -0.125. The van der Waals surface area contributed by atoms with E-state index in [9.17, 15) is 17.6 Å². The molecular weight excluding hydrogens is 522 g/mol. The monoisotopic (exact) mass is 550 g/mol. The van der Waals surface area contributed by atoms with Gasteiger partial charge in [-0.05, 0) is 68.5 Å². The van der Waals surface area contributed by atoms with Crippen molar-refractivity contribution in [2.24, 2.45) is 0 Å². The minimum Gasteiger partial charge on any atom is -0.491 e. The van der Waals surface area contributed by atoms with Crippen LogP contribution < -0.4 is 10.1 Å². The highest BCUT2D eigenvalue weighted by molar-refractivity contribution is 7.93. The number of amides is 1. The lowest BCUT2D eigenvalue weighted by Gasteiger charge is -2.34. The summed E-state index contributed by atoms with van der Waals surface area (Å²) in [7, 11) is -2.93. The van der Waals surface area contributed by atoms with E-state index >= 15 is 4.39 Å². The number of benzene rings is 2. The molecule has 0 heterocycles. The van der Waals surface area contributed by atoms with Crippen LogP contribution in [0.4, 0.5) is 8.78 Å². The number of likely N-dealkylation sites (N-methyl/N-ethyl adjacent to an activating group) is 1. The number of rotatable bonds is 10. The van der Waals surface area contributed by atoms with Crippen LogP contribution >= 0.6 is 11.6 Å². The molecule has 10 heteroatoms.